The molecule has 0 aliphatic carbocycles. The highest BCUT2D eigenvalue weighted by Crippen LogP contribution is 2.20. The topological polar surface area (TPSA) is 71.7 Å². The minimum absolute atomic E-state index is 0.0621. The Morgan fingerprint density at radius 2 is 2.05 bits per heavy atom. The fourth-order valence-electron chi connectivity index (χ4n) is 1.90. The lowest BCUT2D eigenvalue weighted by Crippen LogP contribution is -2.38. The van der Waals surface area contributed by atoms with E-state index in [0.29, 0.717) is 17.9 Å². The summed E-state index contributed by atoms with van der Waals surface area (Å²) >= 11 is 0. The van der Waals surface area contributed by atoms with Crippen LogP contribution in [0.15, 0.2) is 47.1 Å². The molecule has 0 fully saturated rings. The molecule has 1 atom stereocenters. The molecular weight excluding hydrogens is 270 g/mol. The van der Waals surface area contributed by atoms with Gasteiger partial charge in [0.05, 0.1) is 19.4 Å². The van der Waals surface area contributed by atoms with Gasteiger partial charge in [0.25, 0.3) is 5.91 Å². The molecule has 21 heavy (non-hydrogen) atoms. The van der Waals surface area contributed by atoms with Crippen molar-refractivity contribution in [1.29, 1.82) is 0 Å². The van der Waals surface area contributed by atoms with Gasteiger partial charge in [-0.2, -0.15) is 0 Å². The Kier molecular flexibility index (Phi) is 4.65. The average Bonchev–Trinajstić information content (AvgIpc) is 3.01. The second-order valence-electron chi connectivity index (χ2n) is 4.89. The number of carbonyl (C=O) groups is 1. The standard InChI is InChI=1S/C16H19NO4/c1-3-20-13-8-6-12(7-9-13)15(18)17-11-16(2,19)14-5-4-10-21-14/h4-10,19H,3,11H2,1-2H3,(H,17,18)/t16-/m0/s1. The highest BCUT2D eigenvalue weighted by atomic mass is 16.5. The smallest absolute Gasteiger partial charge is 0.251 e. The first-order valence-electron chi connectivity index (χ1n) is 6.80. The van der Waals surface area contributed by atoms with Crippen molar-refractivity contribution in [2.75, 3.05) is 13.2 Å². The molecule has 5 nitrogen and oxygen atoms in total. The fraction of sp³-hybridized carbons (Fsp3) is 0.312. The Labute approximate surface area is 123 Å². The van der Waals surface area contributed by atoms with Crippen LogP contribution in [0.3, 0.4) is 0 Å². The summed E-state index contributed by atoms with van der Waals surface area (Å²) in [7, 11) is 0. The third-order valence-corrected chi connectivity index (χ3v) is 3.07. The molecular formula is C16H19NO4. The van der Waals surface area contributed by atoms with Crippen LogP contribution in [0.25, 0.3) is 0 Å². The zero-order valence-electron chi connectivity index (χ0n) is 12.1. The Hall–Kier alpha value is -2.27. The van der Waals surface area contributed by atoms with Crippen molar-refractivity contribution >= 4 is 5.91 Å². The molecule has 0 saturated carbocycles. The zero-order valence-corrected chi connectivity index (χ0v) is 12.1. The first-order valence-corrected chi connectivity index (χ1v) is 6.80. The van der Waals surface area contributed by atoms with Crippen LogP contribution in [0.5, 0.6) is 5.75 Å². The maximum absolute atomic E-state index is 12.0. The van der Waals surface area contributed by atoms with Gasteiger partial charge in [-0.25, -0.2) is 0 Å². The highest BCUT2D eigenvalue weighted by molar-refractivity contribution is 5.94. The Morgan fingerprint density at radius 1 is 1.33 bits per heavy atom. The van der Waals surface area contributed by atoms with Gasteiger partial charge in [0, 0.05) is 5.56 Å². The van der Waals surface area contributed by atoms with E-state index >= 15 is 0 Å². The van der Waals surface area contributed by atoms with Crippen molar-refractivity contribution < 1.29 is 19.1 Å². The number of nitrogens with one attached hydrogen (secondary N) is 1. The zero-order chi connectivity index (χ0) is 15.3. The maximum Gasteiger partial charge on any atom is 0.251 e. The Bertz CT molecular complexity index is 573. The molecule has 1 aromatic heterocycles. The molecule has 2 rings (SSSR count). The van der Waals surface area contributed by atoms with Gasteiger partial charge in [0.1, 0.15) is 17.1 Å². The predicted molar refractivity (Wildman–Crippen MR) is 78.2 cm³/mol. The molecule has 5 heteroatoms. The van der Waals surface area contributed by atoms with Gasteiger partial charge in [-0.3, -0.25) is 4.79 Å². The second kappa shape index (κ2) is 6.45. The van der Waals surface area contributed by atoms with Crippen LogP contribution >= 0.6 is 0 Å². The maximum atomic E-state index is 12.0. The molecule has 0 aliphatic heterocycles. The lowest BCUT2D eigenvalue weighted by molar-refractivity contribution is 0.0330. The third-order valence-electron chi connectivity index (χ3n) is 3.07. The van der Waals surface area contributed by atoms with Crippen LogP contribution in [-0.2, 0) is 5.60 Å². The number of ether oxygens (including phenoxy) is 1. The summed E-state index contributed by atoms with van der Waals surface area (Å²) in [5.41, 5.74) is -0.738. The second-order valence-corrected chi connectivity index (χ2v) is 4.89. The quantitative estimate of drug-likeness (QED) is 0.856. The molecule has 0 unspecified atom stereocenters. The number of amides is 1. The summed E-state index contributed by atoms with van der Waals surface area (Å²) in [6.07, 6.45) is 1.48. The van der Waals surface area contributed by atoms with Gasteiger partial charge in [-0.1, -0.05) is 0 Å². The van der Waals surface area contributed by atoms with E-state index in [1.54, 1.807) is 43.3 Å². The van der Waals surface area contributed by atoms with E-state index in [-0.39, 0.29) is 12.5 Å². The number of aliphatic hydroxyl groups is 1. The van der Waals surface area contributed by atoms with Crippen LogP contribution < -0.4 is 10.1 Å². The van der Waals surface area contributed by atoms with E-state index in [9.17, 15) is 9.90 Å². The summed E-state index contributed by atoms with van der Waals surface area (Å²) in [6.45, 7) is 4.13. The lowest BCUT2D eigenvalue weighted by atomic mass is 10.0. The Balaban J connectivity index is 1.95. The lowest BCUT2D eigenvalue weighted by Gasteiger charge is -2.21. The number of hydrogen-bond acceptors (Lipinski definition) is 4. The molecule has 0 spiro atoms. The molecule has 1 amide bonds. The fourth-order valence-corrected chi connectivity index (χ4v) is 1.90. The highest BCUT2D eigenvalue weighted by Gasteiger charge is 2.26. The largest absolute Gasteiger partial charge is 0.494 e. The van der Waals surface area contributed by atoms with E-state index in [2.05, 4.69) is 5.32 Å². The monoisotopic (exact) mass is 289 g/mol. The van der Waals surface area contributed by atoms with Crippen LogP contribution in [0, 0.1) is 0 Å². The molecule has 1 aromatic carbocycles. The van der Waals surface area contributed by atoms with Crippen LogP contribution in [0.4, 0.5) is 0 Å². The van der Waals surface area contributed by atoms with Gasteiger partial charge in [0.15, 0.2) is 0 Å². The van der Waals surface area contributed by atoms with Crippen molar-refractivity contribution in [2.45, 2.75) is 19.4 Å². The molecule has 0 bridgehead atoms. The molecule has 1 heterocycles. The predicted octanol–water partition coefficient (Wildman–Crippen LogP) is 2.32. The van der Waals surface area contributed by atoms with Crippen LogP contribution in [0.1, 0.15) is 30.0 Å². The van der Waals surface area contributed by atoms with Gasteiger partial charge in [-0.05, 0) is 50.2 Å². The normalized spacial score (nSPS) is 13.5. The van der Waals surface area contributed by atoms with Crippen molar-refractivity contribution in [3.8, 4) is 5.75 Å². The van der Waals surface area contributed by atoms with Crippen molar-refractivity contribution in [2.24, 2.45) is 0 Å². The summed E-state index contributed by atoms with van der Waals surface area (Å²) in [4.78, 5) is 12.0. The number of rotatable bonds is 6. The number of hydrogen-bond donors (Lipinski definition) is 2. The number of benzene rings is 1. The first-order chi connectivity index (χ1) is 10.0. The summed E-state index contributed by atoms with van der Waals surface area (Å²) < 4.78 is 10.5. The number of furan rings is 1. The van der Waals surface area contributed by atoms with E-state index in [1.807, 2.05) is 6.92 Å². The van der Waals surface area contributed by atoms with Crippen molar-refractivity contribution in [3.63, 3.8) is 0 Å². The van der Waals surface area contributed by atoms with Gasteiger partial charge in [0.2, 0.25) is 0 Å². The summed E-state index contributed by atoms with van der Waals surface area (Å²) in [5, 5.41) is 12.9. The van der Waals surface area contributed by atoms with Crippen molar-refractivity contribution in [3.05, 3.63) is 54.0 Å². The minimum Gasteiger partial charge on any atom is -0.494 e. The first kappa shape index (κ1) is 15.1. The molecule has 2 N–H and O–H groups in total. The van der Waals surface area contributed by atoms with E-state index < -0.39 is 5.60 Å². The SMILES string of the molecule is CCOc1ccc(C(=O)NC[C@](C)(O)c2ccco2)cc1. The van der Waals surface area contributed by atoms with Crippen LogP contribution in [0.2, 0.25) is 0 Å². The van der Waals surface area contributed by atoms with E-state index in [4.69, 9.17) is 9.15 Å². The van der Waals surface area contributed by atoms with Crippen LogP contribution in [-0.4, -0.2) is 24.2 Å². The van der Waals surface area contributed by atoms with Gasteiger partial charge < -0.3 is 19.6 Å². The van der Waals surface area contributed by atoms with Gasteiger partial charge >= 0.3 is 0 Å². The molecule has 2 aromatic rings. The average molecular weight is 289 g/mol. The van der Waals surface area contributed by atoms with Gasteiger partial charge in [-0.15, -0.1) is 0 Å². The van der Waals surface area contributed by atoms with E-state index in [1.165, 1.54) is 6.26 Å². The molecule has 112 valence electrons. The summed E-state index contributed by atoms with van der Waals surface area (Å²) in [5.74, 6) is 0.871. The molecule has 0 aliphatic rings. The summed E-state index contributed by atoms with van der Waals surface area (Å²) in [6, 6.07) is 10.2. The molecule has 0 radical (unpaired) electrons. The minimum atomic E-state index is -1.25. The van der Waals surface area contributed by atoms with E-state index in [0.717, 1.165) is 5.75 Å². The third kappa shape index (κ3) is 3.86. The number of carbonyl (C=O) groups excluding carboxylic acids is 1. The van der Waals surface area contributed by atoms with Crippen molar-refractivity contribution in [1.82, 2.24) is 5.32 Å². The molecule has 0 saturated heterocycles. The Morgan fingerprint density at radius 3 is 2.62 bits per heavy atom.